The monoisotopic (exact) mass is 294 g/mol. The van der Waals surface area contributed by atoms with Gasteiger partial charge in [0.05, 0.1) is 5.69 Å². The zero-order chi connectivity index (χ0) is 14.0. The van der Waals surface area contributed by atoms with E-state index in [0.29, 0.717) is 0 Å². The number of nitrogens with one attached hydrogen (secondary N) is 1. The van der Waals surface area contributed by atoms with Crippen molar-refractivity contribution in [3.05, 3.63) is 53.6 Å². The third kappa shape index (κ3) is 1.34. The Morgan fingerprint density at radius 1 is 1.14 bits per heavy atom. The van der Waals surface area contributed by atoms with E-state index >= 15 is 0 Å². The van der Waals surface area contributed by atoms with E-state index in [-0.39, 0.29) is 5.91 Å². The number of thioether (sulfide) groups is 1. The van der Waals surface area contributed by atoms with Gasteiger partial charge < -0.3 is 10.2 Å². The predicted molar refractivity (Wildman–Crippen MR) is 84.7 cm³/mol. The van der Waals surface area contributed by atoms with Crippen LogP contribution in [0.2, 0.25) is 0 Å². The van der Waals surface area contributed by atoms with Crippen LogP contribution < -0.4 is 10.2 Å². The summed E-state index contributed by atoms with van der Waals surface area (Å²) in [4.78, 5) is 15.6. The molecule has 0 radical (unpaired) electrons. The Labute approximate surface area is 127 Å². The minimum absolute atomic E-state index is 0.186. The molecule has 1 atom stereocenters. The molecule has 0 saturated heterocycles. The van der Waals surface area contributed by atoms with E-state index in [0.717, 1.165) is 41.2 Å². The smallest absolute Gasteiger partial charge is 0.268 e. The molecule has 0 saturated carbocycles. The topological polar surface area (TPSA) is 32.3 Å². The molecule has 4 heteroatoms. The summed E-state index contributed by atoms with van der Waals surface area (Å²) in [6.07, 6.45) is 2.12. The first-order chi connectivity index (χ1) is 10.3. The van der Waals surface area contributed by atoms with Crippen LogP contribution in [-0.4, -0.2) is 12.5 Å². The van der Waals surface area contributed by atoms with Crippen LogP contribution in [0.1, 0.15) is 17.5 Å². The molecule has 21 heavy (non-hydrogen) atoms. The van der Waals surface area contributed by atoms with Crippen molar-refractivity contribution in [2.75, 3.05) is 16.8 Å². The number of aryl methyl sites for hydroxylation is 1. The highest BCUT2D eigenvalue weighted by Crippen LogP contribution is 2.58. The van der Waals surface area contributed by atoms with Gasteiger partial charge in [-0.25, -0.2) is 0 Å². The van der Waals surface area contributed by atoms with Gasteiger partial charge in [-0.05, 0) is 30.5 Å². The Balaban J connectivity index is 1.75. The molecule has 1 amide bonds. The van der Waals surface area contributed by atoms with Gasteiger partial charge in [-0.2, -0.15) is 0 Å². The van der Waals surface area contributed by atoms with Gasteiger partial charge in [0.2, 0.25) is 0 Å². The van der Waals surface area contributed by atoms with Crippen molar-refractivity contribution in [2.24, 2.45) is 0 Å². The van der Waals surface area contributed by atoms with Crippen LogP contribution in [0.15, 0.2) is 47.4 Å². The van der Waals surface area contributed by atoms with Gasteiger partial charge in [0.15, 0.2) is 4.87 Å². The molecule has 0 aliphatic carbocycles. The summed E-state index contributed by atoms with van der Waals surface area (Å²) in [6, 6.07) is 14.5. The molecule has 2 aromatic rings. The third-order valence-electron chi connectivity index (χ3n) is 4.60. The maximum Gasteiger partial charge on any atom is 0.268 e. The summed E-state index contributed by atoms with van der Waals surface area (Å²) in [5.41, 5.74) is 4.66. The molecule has 0 unspecified atom stereocenters. The minimum Gasteiger partial charge on any atom is -0.358 e. The lowest BCUT2D eigenvalue weighted by molar-refractivity contribution is -0.119. The van der Waals surface area contributed by atoms with Crippen LogP contribution in [0.5, 0.6) is 0 Å². The summed E-state index contributed by atoms with van der Waals surface area (Å²) in [5, 5.41) is 3.51. The van der Waals surface area contributed by atoms with Gasteiger partial charge in [-0.15, -0.1) is 0 Å². The summed E-state index contributed by atoms with van der Waals surface area (Å²) in [5.74, 6) is 0.186. The van der Waals surface area contributed by atoms with E-state index in [1.165, 1.54) is 5.56 Å². The van der Waals surface area contributed by atoms with Crippen LogP contribution in [0.4, 0.5) is 11.4 Å². The number of carbonyl (C=O) groups is 1. The van der Waals surface area contributed by atoms with Crippen LogP contribution in [0.25, 0.3) is 0 Å². The molecule has 0 aromatic heterocycles. The number of fused-ring (bicyclic) bond motifs is 2. The maximum absolute atomic E-state index is 13.1. The molecule has 2 aromatic carbocycles. The van der Waals surface area contributed by atoms with Gasteiger partial charge in [-0.3, -0.25) is 4.79 Å². The molecular formula is C17H14N2OS. The van der Waals surface area contributed by atoms with E-state index in [1.54, 1.807) is 11.8 Å². The number of benzene rings is 2. The van der Waals surface area contributed by atoms with Crippen molar-refractivity contribution in [1.29, 1.82) is 0 Å². The first-order valence-corrected chi connectivity index (χ1v) is 8.12. The van der Waals surface area contributed by atoms with Crippen molar-refractivity contribution in [3.63, 3.8) is 0 Å². The highest BCUT2D eigenvalue weighted by molar-refractivity contribution is 8.01. The Hall–Kier alpha value is -1.94. The highest BCUT2D eigenvalue weighted by Gasteiger charge is 2.56. The van der Waals surface area contributed by atoms with Crippen LogP contribution in [-0.2, 0) is 16.1 Å². The summed E-state index contributed by atoms with van der Waals surface area (Å²) >= 11 is 1.65. The minimum atomic E-state index is -0.653. The Kier molecular flexibility index (Phi) is 2.13. The molecule has 3 aliphatic rings. The van der Waals surface area contributed by atoms with E-state index in [2.05, 4.69) is 35.6 Å². The normalized spacial score (nSPS) is 25.0. The SMILES string of the molecule is O=C1N2CCCc3cccc(c32)[C@]12Nc1ccccc1S2. The molecule has 3 nitrogen and oxygen atoms in total. The van der Waals surface area contributed by atoms with Crippen LogP contribution >= 0.6 is 11.8 Å². The molecule has 0 fully saturated rings. The predicted octanol–water partition coefficient (Wildman–Crippen LogP) is 3.35. The number of carbonyl (C=O) groups excluding carboxylic acids is 1. The number of anilines is 2. The molecule has 3 heterocycles. The van der Waals surface area contributed by atoms with Gasteiger partial charge in [-0.1, -0.05) is 42.1 Å². The number of hydrogen-bond donors (Lipinski definition) is 1. The van der Waals surface area contributed by atoms with Gasteiger partial charge in [0, 0.05) is 22.7 Å². The van der Waals surface area contributed by atoms with E-state index in [4.69, 9.17) is 0 Å². The molecule has 5 rings (SSSR count). The molecule has 3 aliphatic heterocycles. The fraction of sp³-hybridized carbons (Fsp3) is 0.235. The van der Waals surface area contributed by atoms with E-state index in [9.17, 15) is 4.79 Å². The lowest BCUT2D eigenvalue weighted by atomic mass is 9.99. The molecule has 1 spiro atoms. The third-order valence-corrected chi connectivity index (χ3v) is 5.98. The number of hydrogen-bond acceptors (Lipinski definition) is 3. The number of rotatable bonds is 0. The quantitative estimate of drug-likeness (QED) is 0.808. The second-order valence-electron chi connectivity index (χ2n) is 5.78. The van der Waals surface area contributed by atoms with E-state index in [1.807, 2.05) is 17.0 Å². The Morgan fingerprint density at radius 3 is 2.95 bits per heavy atom. The lowest BCUT2D eigenvalue weighted by Crippen LogP contribution is -2.42. The standard InChI is InChI=1S/C17H14N2OS/c20-16-17(18-13-8-1-2-9-14(13)21-17)12-7-3-5-11-6-4-10-19(16)15(11)12/h1-3,5,7-9,18H,4,6,10H2/t17-/m1/s1. The Bertz CT molecular complexity index is 761. The van der Waals surface area contributed by atoms with E-state index < -0.39 is 4.87 Å². The van der Waals surface area contributed by atoms with Crippen molar-refractivity contribution >= 4 is 29.0 Å². The highest BCUT2D eigenvalue weighted by atomic mass is 32.2. The van der Waals surface area contributed by atoms with Gasteiger partial charge in [0.25, 0.3) is 5.91 Å². The number of nitrogens with zero attached hydrogens (tertiary/aromatic N) is 1. The fourth-order valence-electron chi connectivity index (χ4n) is 3.70. The lowest BCUT2D eigenvalue weighted by Gasteiger charge is -2.26. The zero-order valence-electron chi connectivity index (χ0n) is 11.4. The maximum atomic E-state index is 13.1. The second-order valence-corrected chi connectivity index (χ2v) is 7.03. The van der Waals surface area contributed by atoms with Gasteiger partial charge >= 0.3 is 0 Å². The van der Waals surface area contributed by atoms with Crippen molar-refractivity contribution in [1.82, 2.24) is 0 Å². The first kappa shape index (κ1) is 11.7. The zero-order valence-corrected chi connectivity index (χ0v) is 12.2. The van der Waals surface area contributed by atoms with Crippen LogP contribution in [0.3, 0.4) is 0 Å². The fourth-order valence-corrected chi connectivity index (χ4v) is 5.04. The second kappa shape index (κ2) is 3.83. The van der Waals surface area contributed by atoms with Crippen molar-refractivity contribution in [2.45, 2.75) is 22.6 Å². The van der Waals surface area contributed by atoms with Gasteiger partial charge in [0.1, 0.15) is 0 Å². The summed E-state index contributed by atoms with van der Waals surface area (Å²) in [6.45, 7) is 0.836. The van der Waals surface area contributed by atoms with Crippen molar-refractivity contribution < 1.29 is 4.79 Å². The van der Waals surface area contributed by atoms with Crippen LogP contribution in [0, 0.1) is 0 Å². The first-order valence-electron chi connectivity index (χ1n) is 7.30. The summed E-state index contributed by atoms with van der Waals surface area (Å²) < 4.78 is 0. The molecule has 1 N–H and O–H groups in total. The Morgan fingerprint density at radius 2 is 2.05 bits per heavy atom. The number of amides is 1. The molecular weight excluding hydrogens is 280 g/mol. The number of para-hydroxylation sites is 2. The molecule has 104 valence electrons. The van der Waals surface area contributed by atoms with Crippen molar-refractivity contribution in [3.8, 4) is 0 Å². The average molecular weight is 294 g/mol. The summed E-state index contributed by atoms with van der Waals surface area (Å²) in [7, 11) is 0. The molecule has 0 bridgehead atoms. The largest absolute Gasteiger partial charge is 0.358 e. The average Bonchev–Trinajstić information content (AvgIpc) is 3.02.